The molecule has 5 rings (SSSR count). The molecule has 33 heavy (non-hydrogen) atoms. The minimum atomic E-state index is -4.41. The van der Waals surface area contributed by atoms with Crippen molar-refractivity contribution in [3.05, 3.63) is 64.2 Å². The normalized spacial score (nSPS) is 16.8. The number of halogens is 4. The van der Waals surface area contributed by atoms with Crippen molar-refractivity contribution in [3.8, 4) is 0 Å². The third kappa shape index (κ3) is 4.04. The summed E-state index contributed by atoms with van der Waals surface area (Å²) in [6.07, 6.45) is -2.93. The number of aromatic nitrogens is 3. The molecule has 2 aliphatic rings. The number of alkyl halides is 3. The van der Waals surface area contributed by atoms with Crippen molar-refractivity contribution in [2.45, 2.75) is 37.9 Å². The van der Waals surface area contributed by atoms with E-state index in [0.29, 0.717) is 46.1 Å². The highest BCUT2D eigenvalue weighted by Crippen LogP contribution is 2.42. The van der Waals surface area contributed by atoms with Gasteiger partial charge in [0, 0.05) is 30.9 Å². The maximum Gasteiger partial charge on any atom is 0.392 e. The van der Waals surface area contributed by atoms with Gasteiger partial charge in [-0.3, -0.25) is 10.1 Å². The van der Waals surface area contributed by atoms with E-state index in [9.17, 15) is 17.6 Å². The molecule has 0 unspecified atom stereocenters. The predicted molar refractivity (Wildman–Crippen MR) is 116 cm³/mol. The van der Waals surface area contributed by atoms with Crippen LogP contribution in [0.25, 0.3) is 21.3 Å². The number of H-pyrrole nitrogens is 1. The predicted octanol–water partition coefficient (Wildman–Crippen LogP) is 5.12. The first-order chi connectivity index (χ1) is 15.8. The Morgan fingerprint density at radius 2 is 2.03 bits per heavy atom. The summed E-state index contributed by atoms with van der Waals surface area (Å²) < 4.78 is 55.0. The van der Waals surface area contributed by atoms with Gasteiger partial charge in [0.25, 0.3) is 0 Å². The summed E-state index contributed by atoms with van der Waals surface area (Å²) in [6.45, 7) is 9.12. The zero-order valence-corrected chi connectivity index (χ0v) is 17.5. The molecule has 2 aromatic heterocycles. The van der Waals surface area contributed by atoms with E-state index < -0.39 is 18.5 Å². The summed E-state index contributed by atoms with van der Waals surface area (Å²) in [5, 5.41) is 12.9. The molecule has 0 amide bonds. The third-order valence-electron chi connectivity index (χ3n) is 6.13. The quantitative estimate of drug-likeness (QED) is 0.377. The van der Waals surface area contributed by atoms with Gasteiger partial charge in [-0.2, -0.15) is 22.7 Å². The number of aromatic amines is 1. The van der Waals surface area contributed by atoms with Crippen LogP contribution in [0, 0.1) is 12.5 Å². The fourth-order valence-corrected chi connectivity index (χ4v) is 4.56. The van der Waals surface area contributed by atoms with Crippen LogP contribution in [0.3, 0.4) is 0 Å². The molecule has 0 bridgehead atoms. The molecule has 0 radical (unpaired) electrons. The maximum absolute atomic E-state index is 14.5. The van der Waals surface area contributed by atoms with Crippen LogP contribution in [-0.2, 0) is 6.42 Å². The van der Waals surface area contributed by atoms with Gasteiger partial charge < -0.3 is 10.6 Å². The Hall–Kier alpha value is -3.45. The number of hydrogen-bond donors (Lipinski definition) is 3. The molecule has 0 spiro atoms. The highest BCUT2D eigenvalue weighted by Gasteiger charge is 2.33. The first-order valence-corrected chi connectivity index (χ1v) is 10.6. The lowest BCUT2D eigenvalue weighted by Crippen LogP contribution is -2.51. The Morgan fingerprint density at radius 3 is 2.73 bits per heavy atom. The summed E-state index contributed by atoms with van der Waals surface area (Å²) >= 11 is 0. The van der Waals surface area contributed by atoms with Crippen LogP contribution in [0.4, 0.5) is 28.9 Å². The molecule has 1 aliphatic heterocycles. The number of pyridine rings is 1. The van der Waals surface area contributed by atoms with Crippen LogP contribution < -0.4 is 10.6 Å². The highest BCUT2D eigenvalue weighted by molar-refractivity contribution is 5.93. The number of fused-ring (bicyclic) bond motifs is 3. The van der Waals surface area contributed by atoms with Gasteiger partial charge >= 0.3 is 6.18 Å². The molecule has 3 aromatic rings. The topological polar surface area (TPSA) is 70.0 Å². The second-order valence-corrected chi connectivity index (χ2v) is 8.35. The number of hydrogen-bond acceptors (Lipinski definition) is 4. The molecule has 3 N–H and O–H groups in total. The number of nitrogens with zero attached hydrogens (tertiary/aromatic N) is 3. The monoisotopic (exact) mass is 456 g/mol. The van der Waals surface area contributed by atoms with Gasteiger partial charge in [-0.25, -0.2) is 4.85 Å². The van der Waals surface area contributed by atoms with E-state index in [-0.39, 0.29) is 29.4 Å². The van der Waals surface area contributed by atoms with Gasteiger partial charge in [0.05, 0.1) is 35.3 Å². The van der Waals surface area contributed by atoms with Gasteiger partial charge in [-0.15, -0.1) is 0 Å². The highest BCUT2D eigenvalue weighted by atomic mass is 19.4. The molecule has 1 aliphatic carbocycles. The molecular weight excluding hydrogens is 436 g/mol. The zero-order valence-electron chi connectivity index (χ0n) is 17.5. The number of benzene rings is 1. The van der Waals surface area contributed by atoms with Gasteiger partial charge in [-0.1, -0.05) is 11.6 Å². The van der Waals surface area contributed by atoms with E-state index in [1.165, 1.54) is 12.3 Å². The van der Waals surface area contributed by atoms with E-state index in [1.54, 1.807) is 12.1 Å². The average Bonchev–Trinajstić information content (AvgIpc) is 3.02. The van der Waals surface area contributed by atoms with Crippen molar-refractivity contribution in [1.82, 2.24) is 20.5 Å². The average molecular weight is 456 g/mol. The van der Waals surface area contributed by atoms with Crippen molar-refractivity contribution in [2.24, 2.45) is 0 Å². The molecule has 10 heteroatoms. The molecule has 6 nitrogen and oxygen atoms in total. The van der Waals surface area contributed by atoms with Gasteiger partial charge in [-0.05, 0) is 42.5 Å². The lowest BCUT2D eigenvalue weighted by Gasteiger charge is -2.29. The van der Waals surface area contributed by atoms with Gasteiger partial charge in [0.1, 0.15) is 0 Å². The molecule has 0 atom stereocenters. The zero-order chi connectivity index (χ0) is 23.2. The Labute approximate surface area is 186 Å². The fourth-order valence-electron chi connectivity index (χ4n) is 4.56. The number of rotatable bonds is 4. The van der Waals surface area contributed by atoms with E-state index >= 15 is 0 Å². The molecule has 3 heterocycles. The van der Waals surface area contributed by atoms with Gasteiger partial charge in [0.15, 0.2) is 0 Å². The molecule has 170 valence electrons. The smallest absolute Gasteiger partial charge is 0.387 e. The van der Waals surface area contributed by atoms with Crippen LogP contribution in [0.15, 0.2) is 30.0 Å². The van der Waals surface area contributed by atoms with Crippen LogP contribution in [0.2, 0.25) is 0 Å². The number of aryl methyl sites for hydroxylation is 1. The van der Waals surface area contributed by atoms with Crippen molar-refractivity contribution in [3.63, 3.8) is 0 Å². The molecule has 0 saturated carbocycles. The summed E-state index contributed by atoms with van der Waals surface area (Å²) in [7, 11) is 0. The SMILES string of the molecule is [C-]#[N+]c1cc(C2=C(CC(F)(F)F)CCCc3c2ccc2n[nH]c(F)c32)ncc1NC1CNC1. The maximum atomic E-state index is 14.5. The first-order valence-electron chi connectivity index (χ1n) is 10.6. The molecule has 1 fully saturated rings. The summed E-state index contributed by atoms with van der Waals surface area (Å²) in [5.41, 5.74) is 3.17. The Kier molecular flexibility index (Phi) is 5.29. The largest absolute Gasteiger partial charge is 0.392 e. The third-order valence-corrected chi connectivity index (χ3v) is 6.13. The van der Waals surface area contributed by atoms with Gasteiger partial charge in [0.2, 0.25) is 11.6 Å². The minimum absolute atomic E-state index is 0.175. The van der Waals surface area contributed by atoms with Crippen molar-refractivity contribution in [2.75, 3.05) is 18.4 Å². The molecule has 1 saturated heterocycles. The Bertz CT molecular complexity index is 1300. The lowest BCUT2D eigenvalue weighted by atomic mass is 9.90. The summed E-state index contributed by atoms with van der Waals surface area (Å²) in [6, 6.07) is 4.98. The lowest BCUT2D eigenvalue weighted by molar-refractivity contribution is -0.127. The summed E-state index contributed by atoms with van der Waals surface area (Å²) in [4.78, 5) is 8.04. The fraction of sp³-hybridized carbons (Fsp3) is 0.348. The van der Waals surface area contributed by atoms with Crippen molar-refractivity contribution in [1.29, 1.82) is 0 Å². The second-order valence-electron chi connectivity index (χ2n) is 8.35. The summed E-state index contributed by atoms with van der Waals surface area (Å²) in [5.74, 6) is -0.607. The first kappa shape index (κ1) is 21.4. The van der Waals surface area contributed by atoms with E-state index in [0.717, 1.165) is 13.1 Å². The number of allylic oxidation sites excluding steroid dienone is 1. The molecular formula is C23H20F4N6. The van der Waals surface area contributed by atoms with E-state index in [1.807, 2.05) is 0 Å². The van der Waals surface area contributed by atoms with Crippen LogP contribution in [-0.4, -0.2) is 40.5 Å². The van der Waals surface area contributed by atoms with E-state index in [4.69, 9.17) is 6.57 Å². The number of anilines is 1. The Morgan fingerprint density at radius 1 is 1.21 bits per heavy atom. The van der Waals surface area contributed by atoms with E-state index in [2.05, 4.69) is 30.7 Å². The van der Waals surface area contributed by atoms with Crippen molar-refractivity contribution >= 4 is 27.9 Å². The Balaban J connectivity index is 1.70. The standard InChI is InChI=1S/C23H20F4N6/c1-28-17-7-18(30-11-19(17)31-13-9-29-10-13)20-12(8-23(25,26)27)3-2-4-14-15(20)5-6-16-21(14)22(24)33-32-16/h5-7,11,13,29,31H,2-4,8-10H2,(H,32,33). The van der Waals surface area contributed by atoms with Crippen LogP contribution in [0.5, 0.6) is 0 Å². The minimum Gasteiger partial charge on any atom is -0.387 e. The van der Waals surface area contributed by atoms with Crippen LogP contribution in [0.1, 0.15) is 36.1 Å². The van der Waals surface area contributed by atoms with Crippen LogP contribution >= 0.6 is 0 Å². The number of nitrogens with one attached hydrogen (secondary N) is 3. The molecule has 1 aromatic carbocycles. The second kappa shape index (κ2) is 8.15. The van der Waals surface area contributed by atoms with Crippen molar-refractivity contribution < 1.29 is 17.6 Å².